The van der Waals surface area contributed by atoms with E-state index in [1.807, 2.05) is 0 Å². The van der Waals surface area contributed by atoms with Crippen molar-refractivity contribution in [1.82, 2.24) is 0 Å². The zero-order valence-corrected chi connectivity index (χ0v) is 45.5. The van der Waals surface area contributed by atoms with Gasteiger partial charge in [0.05, 0.1) is 28.4 Å². The van der Waals surface area contributed by atoms with Crippen LogP contribution in [0, 0.1) is 0 Å². The minimum Gasteiger partial charge on any atom is -0.497 e. The molecule has 8 aromatic carbocycles. The summed E-state index contributed by atoms with van der Waals surface area (Å²) in [5.74, 6) is 3.34. The van der Waals surface area contributed by atoms with Gasteiger partial charge in [-0.3, -0.25) is 0 Å². The molecule has 9 rings (SSSR count). The summed E-state index contributed by atoms with van der Waals surface area (Å²) in [4.78, 5) is 0. The second-order valence-corrected chi connectivity index (χ2v) is 23.7. The fraction of sp³-hybridized carbons (Fsp3) is 0.294. The van der Waals surface area contributed by atoms with Gasteiger partial charge in [0.1, 0.15) is 23.0 Å². The van der Waals surface area contributed by atoms with E-state index in [1.165, 1.54) is 89.0 Å². The molecule has 368 valence electrons. The average Bonchev–Trinajstić information content (AvgIpc) is 3.36. The van der Waals surface area contributed by atoms with Crippen molar-refractivity contribution in [3.8, 4) is 112 Å². The first-order valence-corrected chi connectivity index (χ1v) is 25.4. The van der Waals surface area contributed by atoms with E-state index in [1.54, 1.807) is 28.4 Å². The number of benzene rings is 8. The molecule has 4 nitrogen and oxygen atoms in total. The summed E-state index contributed by atoms with van der Waals surface area (Å²) in [7, 11) is 6.93. The van der Waals surface area contributed by atoms with Gasteiger partial charge in [-0.1, -0.05) is 132 Å². The third kappa shape index (κ3) is 9.33. The summed E-state index contributed by atoms with van der Waals surface area (Å²) in [6, 6.07) is 54.5. The molecule has 0 saturated carbocycles. The van der Waals surface area contributed by atoms with Gasteiger partial charge < -0.3 is 18.9 Å². The van der Waals surface area contributed by atoms with Gasteiger partial charge >= 0.3 is 0 Å². The Morgan fingerprint density at radius 2 is 0.361 bits per heavy atom. The Kier molecular flexibility index (Phi) is 12.9. The number of methoxy groups -OCH3 is 4. The maximum absolute atomic E-state index is 5.70. The zero-order chi connectivity index (χ0) is 51.7. The maximum Gasteiger partial charge on any atom is 0.118 e. The van der Waals surface area contributed by atoms with Crippen LogP contribution in [0.5, 0.6) is 23.0 Å². The average molecular weight is 953 g/mol. The molecular weight excluding hydrogens is 881 g/mol. The van der Waals surface area contributed by atoms with Crippen LogP contribution in [0.3, 0.4) is 0 Å². The summed E-state index contributed by atoms with van der Waals surface area (Å²) in [5.41, 5.74) is 23.3. The minimum absolute atomic E-state index is 0.211. The molecule has 0 atom stereocenters. The van der Waals surface area contributed by atoms with Crippen LogP contribution in [0.1, 0.15) is 105 Å². The largest absolute Gasteiger partial charge is 0.497 e. The molecule has 1 aliphatic rings. The predicted octanol–water partition coefficient (Wildman–Crippen LogP) is 18.6. The lowest BCUT2D eigenvalue weighted by Crippen LogP contribution is -2.17. The summed E-state index contributed by atoms with van der Waals surface area (Å²) in [5, 5.41) is 0. The SMILES string of the molecule is COc1ccc(-c2cc3c(cc2C(C)(C)C)-c2cc(C(C)(C)C)c(-c4ccc(OC)cc4)cc2-c2cc(-c4ccc(OC)cc4)c(C(C)(C)C)cc2-c2cc(C(C)(C)C)c(-c4ccc(OC)cc4)cc2-3)cc1. The molecule has 0 N–H and O–H groups in total. The molecule has 4 heteroatoms. The number of fused-ring (bicyclic) bond motifs is 8. The van der Waals surface area contributed by atoms with Gasteiger partial charge in [0.2, 0.25) is 0 Å². The van der Waals surface area contributed by atoms with E-state index in [0.717, 1.165) is 45.3 Å². The van der Waals surface area contributed by atoms with Crippen LogP contribution in [0.15, 0.2) is 146 Å². The summed E-state index contributed by atoms with van der Waals surface area (Å²) >= 11 is 0. The molecule has 72 heavy (non-hydrogen) atoms. The quantitative estimate of drug-likeness (QED) is 0.152. The molecular formula is C68H72O4. The number of ether oxygens (including phenoxy) is 4. The number of rotatable bonds is 8. The van der Waals surface area contributed by atoms with E-state index in [2.05, 4.69) is 229 Å². The standard InChI is InChI=1S/C68H72O4/c1-65(2,3)61-37-57-53(33-49(61)41-17-25-45(69-13)26-18-41)54-34-50(42-19-27-46(70-14)28-20-42)63(67(7,8)9)39-59(54)60-40-64(68(10,11)12)52(44-23-31-48(72-16)32-24-44)36-56(60)55-35-51(43-21-29-47(71-15)30-22-43)62(38-58(55)57)66(4,5)6/h17-40H,1-16H3. The van der Waals surface area contributed by atoms with Crippen LogP contribution in [0.25, 0.3) is 89.0 Å². The predicted molar refractivity (Wildman–Crippen MR) is 304 cm³/mol. The van der Waals surface area contributed by atoms with Crippen LogP contribution in [-0.4, -0.2) is 28.4 Å². The summed E-state index contributed by atoms with van der Waals surface area (Å²) in [6.07, 6.45) is 0. The minimum atomic E-state index is -0.211. The van der Waals surface area contributed by atoms with Crippen molar-refractivity contribution in [3.05, 3.63) is 168 Å². The summed E-state index contributed by atoms with van der Waals surface area (Å²) < 4.78 is 22.8. The number of hydrogen-bond donors (Lipinski definition) is 0. The fourth-order valence-electron chi connectivity index (χ4n) is 10.7. The molecule has 0 unspecified atom stereocenters. The van der Waals surface area contributed by atoms with Gasteiger partial charge in [-0.15, -0.1) is 0 Å². The smallest absolute Gasteiger partial charge is 0.118 e. The Morgan fingerprint density at radius 3 is 0.500 bits per heavy atom. The van der Waals surface area contributed by atoms with E-state index in [4.69, 9.17) is 18.9 Å². The Labute approximate surface area is 430 Å². The third-order valence-corrected chi connectivity index (χ3v) is 14.6. The van der Waals surface area contributed by atoms with Crippen LogP contribution < -0.4 is 18.9 Å². The van der Waals surface area contributed by atoms with Crippen molar-refractivity contribution < 1.29 is 18.9 Å². The van der Waals surface area contributed by atoms with Gasteiger partial charge in [0.15, 0.2) is 0 Å². The van der Waals surface area contributed by atoms with Crippen molar-refractivity contribution in [1.29, 1.82) is 0 Å². The molecule has 0 bridgehead atoms. The first kappa shape index (κ1) is 49.9. The highest BCUT2D eigenvalue weighted by Gasteiger charge is 2.34. The molecule has 0 aromatic heterocycles. The first-order valence-electron chi connectivity index (χ1n) is 25.4. The highest BCUT2D eigenvalue weighted by molar-refractivity contribution is 6.08. The van der Waals surface area contributed by atoms with Gasteiger partial charge in [0, 0.05) is 0 Å². The van der Waals surface area contributed by atoms with Gasteiger partial charge in [-0.2, -0.15) is 0 Å². The van der Waals surface area contributed by atoms with Crippen LogP contribution in [0.2, 0.25) is 0 Å². The van der Waals surface area contributed by atoms with Gasteiger partial charge in [-0.25, -0.2) is 0 Å². The second-order valence-electron chi connectivity index (χ2n) is 23.7. The van der Waals surface area contributed by atoms with Crippen molar-refractivity contribution >= 4 is 0 Å². The first-order chi connectivity index (χ1) is 34.0. The van der Waals surface area contributed by atoms with Gasteiger partial charge in [0.25, 0.3) is 0 Å². The Hall–Kier alpha value is -7.04. The normalized spacial score (nSPS) is 12.4. The van der Waals surface area contributed by atoms with E-state index < -0.39 is 0 Å². The Balaban J connectivity index is 1.54. The molecule has 0 saturated heterocycles. The monoisotopic (exact) mass is 953 g/mol. The van der Waals surface area contributed by atoms with E-state index in [0.29, 0.717) is 0 Å². The Morgan fingerprint density at radius 1 is 0.208 bits per heavy atom. The highest BCUT2D eigenvalue weighted by Crippen LogP contribution is 2.56. The van der Waals surface area contributed by atoms with Crippen LogP contribution in [-0.2, 0) is 21.7 Å². The van der Waals surface area contributed by atoms with E-state index in [-0.39, 0.29) is 21.7 Å². The van der Waals surface area contributed by atoms with Crippen molar-refractivity contribution in [2.75, 3.05) is 28.4 Å². The van der Waals surface area contributed by atoms with Crippen LogP contribution >= 0.6 is 0 Å². The van der Waals surface area contributed by atoms with Crippen molar-refractivity contribution in [2.24, 2.45) is 0 Å². The summed E-state index contributed by atoms with van der Waals surface area (Å²) in [6.45, 7) is 28.1. The fourth-order valence-corrected chi connectivity index (χ4v) is 10.7. The molecule has 0 amide bonds. The zero-order valence-electron chi connectivity index (χ0n) is 45.5. The second kappa shape index (κ2) is 18.5. The maximum atomic E-state index is 5.70. The molecule has 1 aliphatic carbocycles. The molecule has 0 radical (unpaired) electrons. The third-order valence-electron chi connectivity index (χ3n) is 14.6. The molecule has 8 aromatic rings. The molecule has 0 aliphatic heterocycles. The number of hydrogen-bond acceptors (Lipinski definition) is 4. The molecule has 0 fully saturated rings. The van der Waals surface area contributed by atoms with E-state index >= 15 is 0 Å². The van der Waals surface area contributed by atoms with Gasteiger partial charge in [-0.05, 0) is 230 Å². The van der Waals surface area contributed by atoms with Crippen LogP contribution in [0.4, 0.5) is 0 Å². The molecule has 0 spiro atoms. The van der Waals surface area contributed by atoms with E-state index in [9.17, 15) is 0 Å². The topological polar surface area (TPSA) is 36.9 Å². The highest BCUT2D eigenvalue weighted by atomic mass is 16.5. The van der Waals surface area contributed by atoms with Crippen molar-refractivity contribution in [2.45, 2.75) is 105 Å². The molecule has 0 heterocycles. The lowest BCUT2D eigenvalue weighted by atomic mass is 9.70. The lowest BCUT2D eigenvalue weighted by molar-refractivity contribution is 0.415. The lowest BCUT2D eigenvalue weighted by Gasteiger charge is -2.34. The Bertz CT molecular complexity index is 2850. The van der Waals surface area contributed by atoms with Crippen molar-refractivity contribution in [3.63, 3.8) is 0 Å².